The van der Waals surface area contributed by atoms with Gasteiger partial charge in [0.05, 0.1) is 11.1 Å². The fourth-order valence-corrected chi connectivity index (χ4v) is 4.34. The highest BCUT2D eigenvalue weighted by Crippen LogP contribution is 2.40. The molecule has 3 nitrogen and oxygen atoms in total. The third kappa shape index (κ3) is 5.53. The number of rotatable bonds is 5. The zero-order valence-corrected chi connectivity index (χ0v) is 18.0. The van der Waals surface area contributed by atoms with Gasteiger partial charge in [-0.15, -0.1) is 0 Å². The van der Waals surface area contributed by atoms with Crippen molar-refractivity contribution in [1.29, 1.82) is 0 Å². The summed E-state index contributed by atoms with van der Waals surface area (Å²) in [7, 11) is 0. The maximum absolute atomic E-state index is 13.0. The predicted molar refractivity (Wildman–Crippen MR) is 115 cm³/mol. The number of anilines is 1. The van der Waals surface area contributed by atoms with Crippen LogP contribution in [0.25, 0.3) is 0 Å². The molecule has 0 bridgehead atoms. The van der Waals surface area contributed by atoms with Crippen molar-refractivity contribution in [2.24, 2.45) is 17.6 Å². The molecular formula is C22H23F6N3S. The maximum Gasteiger partial charge on any atom is 0.416 e. The van der Waals surface area contributed by atoms with Gasteiger partial charge in [-0.2, -0.15) is 26.3 Å². The first kappa shape index (κ1) is 24.3. The van der Waals surface area contributed by atoms with Crippen LogP contribution in [-0.2, 0) is 18.8 Å². The predicted octanol–water partition coefficient (Wildman–Crippen LogP) is 5.91. The van der Waals surface area contributed by atoms with Gasteiger partial charge in [-0.3, -0.25) is 0 Å². The number of halogens is 6. The molecule has 2 aromatic carbocycles. The van der Waals surface area contributed by atoms with E-state index in [1.165, 1.54) is 5.56 Å². The summed E-state index contributed by atoms with van der Waals surface area (Å²) in [5.74, 6) is 0.266. The molecule has 0 amide bonds. The van der Waals surface area contributed by atoms with Crippen molar-refractivity contribution < 1.29 is 26.3 Å². The minimum absolute atomic E-state index is 0.0556. The lowest BCUT2D eigenvalue weighted by atomic mass is 9.85. The van der Waals surface area contributed by atoms with Gasteiger partial charge in [0, 0.05) is 18.3 Å². The molecule has 1 aliphatic carbocycles. The largest absolute Gasteiger partial charge is 0.416 e. The number of alkyl halides is 6. The first-order valence-corrected chi connectivity index (χ1v) is 10.5. The van der Waals surface area contributed by atoms with Gasteiger partial charge in [-0.05, 0) is 59.8 Å². The zero-order valence-electron chi connectivity index (χ0n) is 17.1. The van der Waals surface area contributed by atoms with Gasteiger partial charge in [-0.25, -0.2) is 0 Å². The van der Waals surface area contributed by atoms with Crippen LogP contribution < -0.4 is 16.4 Å². The molecule has 32 heavy (non-hydrogen) atoms. The van der Waals surface area contributed by atoms with Gasteiger partial charge in [0.15, 0.2) is 5.11 Å². The summed E-state index contributed by atoms with van der Waals surface area (Å²) < 4.78 is 78.2. The molecule has 174 valence electrons. The van der Waals surface area contributed by atoms with Crippen molar-refractivity contribution in [3.8, 4) is 0 Å². The number of nitrogens with one attached hydrogen (secondary N) is 2. The van der Waals surface area contributed by atoms with E-state index in [-0.39, 0.29) is 34.7 Å². The molecule has 0 aliphatic heterocycles. The van der Waals surface area contributed by atoms with Crippen LogP contribution in [-0.4, -0.2) is 11.7 Å². The normalized spacial score (nSPS) is 19.4. The van der Waals surface area contributed by atoms with Crippen molar-refractivity contribution in [3.05, 3.63) is 64.7 Å². The van der Waals surface area contributed by atoms with Gasteiger partial charge in [0.25, 0.3) is 0 Å². The Bertz CT molecular complexity index is 941. The second-order valence-electron chi connectivity index (χ2n) is 7.89. The smallest absolute Gasteiger partial charge is 0.362 e. The van der Waals surface area contributed by atoms with E-state index < -0.39 is 23.5 Å². The Hall–Kier alpha value is -2.33. The van der Waals surface area contributed by atoms with Crippen LogP contribution in [0.3, 0.4) is 0 Å². The summed E-state index contributed by atoms with van der Waals surface area (Å²) in [6.45, 7) is 2.39. The highest BCUT2D eigenvalue weighted by Gasteiger charge is 2.37. The Morgan fingerprint density at radius 1 is 1.06 bits per heavy atom. The highest BCUT2D eigenvalue weighted by atomic mass is 32.1. The maximum atomic E-state index is 13.0. The lowest BCUT2D eigenvalue weighted by molar-refractivity contribution is -0.143. The fourth-order valence-electron chi connectivity index (χ4n) is 4.14. The first-order valence-electron chi connectivity index (χ1n) is 10.1. The van der Waals surface area contributed by atoms with Crippen molar-refractivity contribution in [1.82, 2.24) is 5.32 Å². The summed E-state index contributed by atoms with van der Waals surface area (Å²) in [5.41, 5.74) is 5.51. The van der Waals surface area contributed by atoms with Crippen LogP contribution in [0.5, 0.6) is 0 Å². The number of hydrogen-bond donors (Lipinski definition) is 3. The summed E-state index contributed by atoms with van der Waals surface area (Å²) in [4.78, 5) is 0. The van der Waals surface area contributed by atoms with E-state index in [2.05, 4.69) is 10.6 Å². The Morgan fingerprint density at radius 3 is 2.19 bits per heavy atom. The molecule has 0 heterocycles. The number of benzene rings is 2. The van der Waals surface area contributed by atoms with Gasteiger partial charge < -0.3 is 16.4 Å². The first-order chi connectivity index (χ1) is 14.9. The van der Waals surface area contributed by atoms with E-state index in [4.69, 9.17) is 18.0 Å². The minimum atomic E-state index is -4.92. The molecule has 0 radical (unpaired) electrons. The van der Waals surface area contributed by atoms with Crippen LogP contribution >= 0.6 is 12.2 Å². The van der Waals surface area contributed by atoms with E-state index in [1.807, 2.05) is 31.2 Å². The summed E-state index contributed by atoms with van der Waals surface area (Å²) >= 11 is 5.13. The van der Waals surface area contributed by atoms with E-state index in [1.54, 1.807) is 0 Å². The second kappa shape index (κ2) is 9.27. The molecule has 3 rings (SSSR count). The average molecular weight is 476 g/mol. The van der Waals surface area contributed by atoms with Crippen LogP contribution in [0.15, 0.2) is 42.5 Å². The van der Waals surface area contributed by atoms with Crippen molar-refractivity contribution in [2.45, 2.75) is 38.2 Å². The number of thiocarbonyl (C=S) groups is 1. The molecule has 1 unspecified atom stereocenters. The molecule has 0 saturated heterocycles. The van der Waals surface area contributed by atoms with E-state index >= 15 is 0 Å². The molecule has 0 fully saturated rings. The van der Waals surface area contributed by atoms with E-state index in [0.29, 0.717) is 18.7 Å². The number of hydrogen-bond acceptors (Lipinski definition) is 2. The quantitative estimate of drug-likeness (QED) is 0.372. The second-order valence-corrected chi connectivity index (χ2v) is 8.30. The molecule has 3 atom stereocenters. The standard InChI is InChI=1S/C22H23F6N3S/c1-2-12(18-7-13-5-3-4-6-17(13)19(18)29)11-30-20(32)31-16-9-14(21(23,24)25)8-15(10-16)22(26,27)28/h3-6,8-10,12,18-19H,2,7,11,29H2,1H3,(H2,30,31,32)/t12-,18?,19+/m0/s1. The third-order valence-corrected chi connectivity index (χ3v) is 6.08. The average Bonchev–Trinajstić information content (AvgIpc) is 3.04. The molecule has 0 saturated carbocycles. The van der Waals surface area contributed by atoms with Crippen LogP contribution in [0.2, 0.25) is 0 Å². The van der Waals surface area contributed by atoms with Gasteiger partial charge in [0.2, 0.25) is 0 Å². The lowest BCUT2D eigenvalue weighted by Gasteiger charge is -2.27. The number of nitrogens with two attached hydrogens (primary N) is 1. The highest BCUT2D eigenvalue weighted by molar-refractivity contribution is 7.80. The fraction of sp³-hybridized carbons (Fsp3) is 0.409. The zero-order chi connectivity index (χ0) is 23.7. The van der Waals surface area contributed by atoms with Gasteiger partial charge >= 0.3 is 12.4 Å². The topological polar surface area (TPSA) is 50.1 Å². The van der Waals surface area contributed by atoms with Crippen LogP contribution in [0.1, 0.15) is 41.6 Å². The Kier molecular flexibility index (Phi) is 7.04. The van der Waals surface area contributed by atoms with Crippen LogP contribution in [0.4, 0.5) is 32.0 Å². The van der Waals surface area contributed by atoms with Crippen molar-refractivity contribution >= 4 is 23.0 Å². The molecule has 0 spiro atoms. The molecule has 1 aliphatic rings. The molecule has 4 N–H and O–H groups in total. The molecule has 2 aromatic rings. The van der Waals surface area contributed by atoms with Crippen molar-refractivity contribution in [2.75, 3.05) is 11.9 Å². The monoisotopic (exact) mass is 475 g/mol. The van der Waals surface area contributed by atoms with E-state index in [9.17, 15) is 26.3 Å². The summed E-state index contributed by atoms with van der Waals surface area (Å²) in [6.07, 6.45) is -8.26. The Morgan fingerprint density at radius 2 is 1.66 bits per heavy atom. The summed E-state index contributed by atoms with van der Waals surface area (Å²) in [6, 6.07) is 9.06. The van der Waals surface area contributed by atoms with Crippen molar-refractivity contribution in [3.63, 3.8) is 0 Å². The lowest BCUT2D eigenvalue weighted by Crippen LogP contribution is -2.37. The van der Waals surface area contributed by atoms with Gasteiger partial charge in [-0.1, -0.05) is 37.6 Å². The number of fused-ring (bicyclic) bond motifs is 1. The molecular weight excluding hydrogens is 452 g/mol. The van der Waals surface area contributed by atoms with Crippen LogP contribution in [0, 0.1) is 11.8 Å². The minimum Gasteiger partial charge on any atom is -0.362 e. The van der Waals surface area contributed by atoms with E-state index in [0.717, 1.165) is 18.4 Å². The van der Waals surface area contributed by atoms with Gasteiger partial charge in [0.1, 0.15) is 0 Å². The molecule has 0 aromatic heterocycles. The Labute approximate surface area is 187 Å². The summed E-state index contributed by atoms with van der Waals surface area (Å²) in [5, 5.41) is 5.32. The Balaban J connectivity index is 1.68. The molecule has 10 heteroatoms. The third-order valence-electron chi connectivity index (χ3n) is 5.83. The SMILES string of the molecule is CC[C@@H](CNC(=S)Nc1cc(C(F)(F)F)cc(C(F)(F)F)c1)C1Cc2ccccc2[C@H]1N.